The Labute approximate surface area is 201 Å². The molecule has 3 aromatic carbocycles. The number of carbonyl (C=O) groups excluding carboxylic acids is 1. The van der Waals surface area contributed by atoms with Crippen molar-refractivity contribution in [2.45, 2.75) is 18.1 Å². The smallest absolute Gasteiger partial charge is 0.407 e. The summed E-state index contributed by atoms with van der Waals surface area (Å²) in [5.74, 6) is -0.0504. The quantitative estimate of drug-likeness (QED) is 0.372. The van der Waals surface area contributed by atoms with Gasteiger partial charge >= 0.3 is 6.09 Å². The largest absolute Gasteiger partial charge is 0.449 e. The molecule has 1 aliphatic rings. The molecule has 1 amide bonds. The molecule has 7 heteroatoms. The van der Waals surface area contributed by atoms with Crippen molar-refractivity contribution in [3.8, 4) is 11.1 Å². The maximum absolute atomic E-state index is 12.3. The lowest BCUT2D eigenvalue weighted by atomic mass is 9.98. The van der Waals surface area contributed by atoms with Crippen molar-refractivity contribution >= 4 is 28.6 Å². The highest BCUT2D eigenvalue weighted by Crippen LogP contribution is 2.44. The van der Waals surface area contributed by atoms with Crippen molar-refractivity contribution in [3.05, 3.63) is 101 Å². The summed E-state index contributed by atoms with van der Waals surface area (Å²) in [5.41, 5.74) is 5.63. The fraction of sp³-hybridized carbons (Fsp3) is 0.185. The Kier molecular flexibility index (Phi) is 6.20. The lowest BCUT2D eigenvalue weighted by Crippen LogP contribution is -2.36. The van der Waals surface area contributed by atoms with Crippen LogP contribution in [0, 0.1) is 0 Å². The van der Waals surface area contributed by atoms with E-state index < -0.39 is 18.3 Å². The number of nitrogens with zero attached hydrogens (tertiary/aromatic N) is 1. The van der Waals surface area contributed by atoms with Gasteiger partial charge in [0.25, 0.3) is 0 Å². The average molecular weight is 475 g/mol. The van der Waals surface area contributed by atoms with E-state index >= 15 is 0 Å². The summed E-state index contributed by atoms with van der Waals surface area (Å²) in [6, 6.07) is 23.0. The third kappa shape index (κ3) is 4.23. The summed E-state index contributed by atoms with van der Waals surface area (Å²) in [7, 11) is 0. The SMILES string of the molecule is O=C(NCC(O)C(O)c1ccc2c(Cl)ccnc2c1)OCC1c2ccccc2-c2ccccc21. The molecule has 1 aliphatic carbocycles. The highest BCUT2D eigenvalue weighted by molar-refractivity contribution is 6.35. The van der Waals surface area contributed by atoms with E-state index in [-0.39, 0.29) is 19.1 Å². The normalized spacial score (nSPS) is 14.3. The van der Waals surface area contributed by atoms with Crippen molar-refractivity contribution < 1.29 is 19.7 Å². The first-order valence-corrected chi connectivity index (χ1v) is 11.4. The number of carbonyl (C=O) groups is 1. The van der Waals surface area contributed by atoms with Crippen LogP contribution < -0.4 is 5.32 Å². The summed E-state index contributed by atoms with van der Waals surface area (Å²) in [6.45, 7) is 0.00840. The van der Waals surface area contributed by atoms with Crippen LogP contribution >= 0.6 is 11.6 Å². The van der Waals surface area contributed by atoms with Gasteiger partial charge in [0, 0.05) is 24.0 Å². The molecule has 2 unspecified atom stereocenters. The second-order valence-electron chi connectivity index (χ2n) is 8.29. The molecule has 3 N–H and O–H groups in total. The first kappa shape index (κ1) is 22.3. The molecule has 4 aromatic rings. The number of pyridine rings is 1. The highest BCUT2D eigenvalue weighted by Gasteiger charge is 2.29. The van der Waals surface area contributed by atoms with Gasteiger partial charge in [-0.3, -0.25) is 4.98 Å². The summed E-state index contributed by atoms with van der Waals surface area (Å²) < 4.78 is 5.48. The number of alkyl carbamates (subject to hydrolysis) is 1. The fourth-order valence-electron chi connectivity index (χ4n) is 4.49. The molecular weight excluding hydrogens is 452 g/mol. The standard InChI is InChI=1S/C27H23ClN2O4/c28-23-11-12-29-24-13-16(9-10-21(23)24)26(32)25(31)14-30-27(33)34-15-22-19-7-3-1-5-17(19)18-6-2-4-8-20(18)22/h1-13,22,25-26,31-32H,14-15H2,(H,30,33). The fourth-order valence-corrected chi connectivity index (χ4v) is 4.70. The van der Waals surface area contributed by atoms with Gasteiger partial charge in [-0.15, -0.1) is 0 Å². The van der Waals surface area contributed by atoms with Crippen LogP contribution in [0.3, 0.4) is 0 Å². The van der Waals surface area contributed by atoms with Crippen LogP contribution in [-0.4, -0.2) is 40.5 Å². The molecule has 34 heavy (non-hydrogen) atoms. The maximum Gasteiger partial charge on any atom is 0.407 e. The molecule has 0 saturated heterocycles. The van der Waals surface area contributed by atoms with Crippen molar-refractivity contribution in [1.82, 2.24) is 10.3 Å². The van der Waals surface area contributed by atoms with Gasteiger partial charge in [-0.1, -0.05) is 72.3 Å². The zero-order valence-corrected chi connectivity index (χ0v) is 18.9. The summed E-state index contributed by atoms with van der Waals surface area (Å²) in [4.78, 5) is 16.6. The molecule has 0 aliphatic heterocycles. The Morgan fingerprint density at radius 3 is 2.38 bits per heavy atom. The van der Waals surface area contributed by atoms with Crippen molar-refractivity contribution in [2.24, 2.45) is 0 Å². The van der Waals surface area contributed by atoms with Crippen LogP contribution in [0.2, 0.25) is 5.02 Å². The van der Waals surface area contributed by atoms with Gasteiger partial charge in [-0.25, -0.2) is 4.79 Å². The third-order valence-electron chi connectivity index (χ3n) is 6.22. The number of rotatable bonds is 6. The van der Waals surface area contributed by atoms with E-state index in [1.807, 2.05) is 36.4 Å². The van der Waals surface area contributed by atoms with Gasteiger partial charge < -0.3 is 20.3 Å². The number of aliphatic hydroxyl groups is 2. The first-order chi connectivity index (χ1) is 16.5. The van der Waals surface area contributed by atoms with Crippen LogP contribution in [0.5, 0.6) is 0 Å². The number of amides is 1. The zero-order chi connectivity index (χ0) is 23.7. The molecule has 172 valence electrons. The predicted octanol–water partition coefficient (Wildman–Crippen LogP) is 4.82. The third-order valence-corrected chi connectivity index (χ3v) is 6.55. The van der Waals surface area contributed by atoms with E-state index in [0.29, 0.717) is 16.1 Å². The molecule has 1 heterocycles. The van der Waals surface area contributed by atoms with E-state index in [4.69, 9.17) is 16.3 Å². The minimum atomic E-state index is -1.22. The summed E-state index contributed by atoms with van der Waals surface area (Å²) in [6.07, 6.45) is -1.51. The van der Waals surface area contributed by atoms with Crippen LogP contribution in [0.4, 0.5) is 4.79 Å². The number of aromatic nitrogens is 1. The second-order valence-corrected chi connectivity index (χ2v) is 8.70. The number of hydrogen-bond donors (Lipinski definition) is 3. The van der Waals surface area contributed by atoms with Crippen LogP contribution in [-0.2, 0) is 4.74 Å². The summed E-state index contributed by atoms with van der Waals surface area (Å²) >= 11 is 6.16. The Morgan fingerprint density at radius 1 is 1.00 bits per heavy atom. The van der Waals surface area contributed by atoms with Gasteiger partial charge in [0.05, 0.1) is 10.5 Å². The van der Waals surface area contributed by atoms with Crippen LogP contribution in [0.1, 0.15) is 28.7 Å². The lowest BCUT2D eigenvalue weighted by Gasteiger charge is -2.19. The maximum atomic E-state index is 12.3. The van der Waals surface area contributed by atoms with Gasteiger partial charge in [0.1, 0.15) is 18.8 Å². The number of benzene rings is 3. The van der Waals surface area contributed by atoms with E-state index in [2.05, 4.69) is 22.4 Å². The lowest BCUT2D eigenvalue weighted by molar-refractivity contribution is 0.0186. The van der Waals surface area contributed by atoms with Crippen LogP contribution in [0.25, 0.3) is 22.0 Å². The van der Waals surface area contributed by atoms with Crippen molar-refractivity contribution in [1.29, 1.82) is 0 Å². The molecule has 0 saturated carbocycles. The molecular formula is C27H23ClN2O4. The Balaban J connectivity index is 1.19. The van der Waals surface area contributed by atoms with E-state index in [9.17, 15) is 15.0 Å². The average Bonchev–Trinajstić information content (AvgIpc) is 3.19. The van der Waals surface area contributed by atoms with Crippen LogP contribution in [0.15, 0.2) is 79.0 Å². The van der Waals surface area contributed by atoms with E-state index in [1.54, 1.807) is 30.5 Å². The minimum absolute atomic E-state index is 0.0504. The van der Waals surface area contributed by atoms with Gasteiger partial charge in [0.15, 0.2) is 0 Å². The zero-order valence-electron chi connectivity index (χ0n) is 18.2. The Bertz CT molecular complexity index is 1310. The summed E-state index contributed by atoms with van der Waals surface area (Å²) in [5, 5.41) is 24.8. The van der Waals surface area contributed by atoms with E-state index in [1.165, 1.54) is 0 Å². The number of fused-ring (bicyclic) bond motifs is 4. The molecule has 0 spiro atoms. The topological polar surface area (TPSA) is 91.7 Å². The van der Waals surface area contributed by atoms with Gasteiger partial charge in [-0.05, 0) is 39.9 Å². The molecule has 0 radical (unpaired) electrons. The highest BCUT2D eigenvalue weighted by atomic mass is 35.5. The van der Waals surface area contributed by atoms with Gasteiger partial charge in [-0.2, -0.15) is 0 Å². The molecule has 0 fully saturated rings. The van der Waals surface area contributed by atoms with Crippen molar-refractivity contribution in [3.63, 3.8) is 0 Å². The number of ether oxygens (including phenoxy) is 1. The van der Waals surface area contributed by atoms with E-state index in [0.717, 1.165) is 27.6 Å². The monoisotopic (exact) mass is 474 g/mol. The minimum Gasteiger partial charge on any atom is -0.449 e. The molecule has 1 aromatic heterocycles. The van der Waals surface area contributed by atoms with Gasteiger partial charge in [0.2, 0.25) is 0 Å². The molecule has 2 atom stereocenters. The second kappa shape index (κ2) is 9.43. The Hall–Kier alpha value is -3.45. The number of halogens is 1. The molecule has 5 rings (SSSR count). The Morgan fingerprint density at radius 2 is 1.68 bits per heavy atom. The van der Waals surface area contributed by atoms with Crippen molar-refractivity contribution in [2.75, 3.05) is 13.2 Å². The number of hydrogen-bond acceptors (Lipinski definition) is 5. The first-order valence-electron chi connectivity index (χ1n) is 11.0. The molecule has 0 bridgehead atoms. The number of aliphatic hydroxyl groups excluding tert-OH is 2. The molecule has 6 nitrogen and oxygen atoms in total. The number of nitrogens with one attached hydrogen (secondary N) is 1. The predicted molar refractivity (Wildman–Crippen MR) is 131 cm³/mol.